The maximum Gasteiger partial charge on any atom is 0.413 e. The molecular weight excluding hydrogens is 340 g/mol. The van der Waals surface area contributed by atoms with Crippen LogP contribution in [-0.4, -0.2) is 16.7 Å². The van der Waals surface area contributed by atoms with Crippen LogP contribution >= 0.6 is 31.9 Å². The van der Waals surface area contributed by atoms with Gasteiger partial charge in [-0.25, -0.2) is 9.78 Å². The summed E-state index contributed by atoms with van der Waals surface area (Å²) in [5, 5.41) is 2.56. The molecule has 0 bridgehead atoms. The summed E-state index contributed by atoms with van der Waals surface area (Å²) in [6.07, 6.45) is -0.529. The summed E-state index contributed by atoms with van der Waals surface area (Å²) < 4.78 is 6.45. The highest BCUT2D eigenvalue weighted by molar-refractivity contribution is 9.11. The van der Waals surface area contributed by atoms with Crippen LogP contribution in [-0.2, 0) is 4.74 Å². The first-order chi connectivity index (χ1) is 7.28. The van der Waals surface area contributed by atoms with Gasteiger partial charge in [-0.2, -0.15) is 0 Å². The fraction of sp³-hybridized carbons (Fsp3) is 0.400. The van der Waals surface area contributed by atoms with Gasteiger partial charge in [0.25, 0.3) is 0 Å². The fourth-order valence-corrected chi connectivity index (χ4v) is 1.54. The Hall–Kier alpha value is -0.620. The quantitative estimate of drug-likeness (QED) is 0.779. The number of nitrogens with zero attached hydrogens (tertiary/aromatic N) is 1. The van der Waals surface area contributed by atoms with Gasteiger partial charge in [0.15, 0.2) is 5.82 Å². The number of hydrogen-bond acceptors (Lipinski definition) is 3. The van der Waals surface area contributed by atoms with Crippen molar-refractivity contribution in [2.24, 2.45) is 0 Å². The lowest BCUT2D eigenvalue weighted by atomic mass is 10.2. The molecule has 0 aromatic carbocycles. The summed E-state index contributed by atoms with van der Waals surface area (Å²) in [4.78, 5) is 15.6. The van der Waals surface area contributed by atoms with E-state index in [4.69, 9.17) is 4.74 Å². The molecule has 6 heteroatoms. The maximum absolute atomic E-state index is 11.5. The number of hydrogen-bond donors (Lipinski definition) is 1. The molecule has 0 radical (unpaired) electrons. The molecule has 16 heavy (non-hydrogen) atoms. The first-order valence-electron chi connectivity index (χ1n) is 4.60. The fourth-order valence-electron chi connectivity index (χ4n) is 0.906. The molecule has 0 saturated carbocycles. The van der Waals surface area contributed by atoms with Crippen molar-refractivity contribution in [1.29, 1.82) is 0 Å². The van der Waals surface area contributed by atoms with Crippen molar-refractivity contribution < 1.29 is 9.53 Å². The Bertz CT molecular complexity index is 402. The molecule has 1 rings (SSSR count). The SMILES string of the molecule is CC(C)(C)OC(=O)Nc1nc(Br)ccc1Br. The smallest absolute Gasteiger partial charge is 0.413 e. The van der Waals surface area contributed by atoms with Gasteiger partial charge in [-0.15, -0.1) is 0 Å². The van der Waals surface area contributed by atoms with Crippen LogP contribution in [0.3, 0.4) is 0 Å². The normalized spacial score (nSPS) is 11.1. The minimum absolute atomic E-state index is 0.420. The summed E-state index contributed by atoms with van der Waals surface area (Å²) in [6.45, 7) is 5.40. The van der Waals surface area contributed by atoms with Crippen molar-refractivity contribution in [3.8, 4) is 0 Å². The first kappa shape index (κ1) is 13.4. The second-order valence-electron chi connectivity index (χ2n) is 4.09. The Morgan fingerprint density at radius 1 is 1.38 bits per heavy atom. The molecule has 0 fully saturated rings. The van der Waals surface area contributed by atoms with E-state index in [1.54, 1.807) is 32.9 Å². The third-order valence-electron chi connectivity index (χ3n) is 1.43. The molecule has 1 heterocycles. The van der Waals surface area contributed by atoms with Crippen molar-refractivity contribution in [3.05, 3.63) is 21.2 Å². The third-order valence-corrected chi connectivity index (χ3v) is 2.51. The van der Waals surface area contributed by atoms with Crippen molar-refractivity contribution in [3.63, 3.8) is 0 Å². The van der Waals surface area contributed by atoms with Crippen molar-refractivity contribution >= 4 is 43.8 Å². The number of carbonyl (C=O) groups is 1. The number of amides is 1. The van der Waals surface area contributed by atoms with Crippen LogP contribution in [0.2, 0.25) is 0 Å². The van der Waals surface area contributed by atoms with Crippen LogP contribution in [0.25, 0.3) is 0 Å². The van der Waals surface area contributed by atoms with Crippen LogP contribution in [0.5, 0.6) is 0 Å². The van der Waals surface area contributed by atoms with Gasteiger partial charge in [0.1, 0.15) is 10.2 Å². The van der Waals surface area contributed by atoms with E-state index in [1.165, 1.54) is 0 Å². The summed E-state index contributed by atoms with van der Waals surface area (Å²) in [7, 11) is 0. The molecule has 0 aliphatic carbocycles. The summed E-state index contributed by atoms with van der Waals surface area (Å²) in [6, 6.07) is 3.55. The molecule has 4 nitrogen and oxygen atoms in total. The number of halogens is 2. The zero-order valence-electron chi connectivity index (χ0n) is 9.17. The lowest BCUT2D eigenvalue weighted by Crippen LogP contribution is -2.27. The number of anilines is 1. The van der Waals surface area contributed by atoms with Crippen LogP contribution in [0.1, 0.15) is 20.8 Å². The minimum Gasteiger partial charge on any atom is -0.444 e. The van der Waals surface area contributed by atoms with Gasteiger partial charge in [-0.05, 0) is 64.8 Å². The van der Waals surface area contributed by atoms with E-state index in [2.05, 4.69) is 42.2 Å². The molecule has 0 saturated heterocycles. The van der Waals surface area contributed by atoms with Gasteiger partial charge >= 0.3 is 6.09 Å². The zero-order chi connectivity index (χ0) is 12.3. The van der Waals surface area contributed by atoms with Gasteiger partial charge < -0.3 is 4.74 Å². The molecule has 0 unspecified atom stereocenters. The van der Waals surface area contributed by atoms with Crippen molar-refractivity contribution in [1.82, 2.24) is 4.98 Å². The molecule has 1 aromatic heterocycles. The molecule has 1 N–H and O–H groups in total. The molecule has 1 amide bonds. The molecule has 0 spiro atoms. The molecule has 0 aliphatic heterocycles. The van der Waals surface area contributed by atoms with Gasteiger partial charge in [-0.1, -0.05) is 0 Å². The van der Waals surface area contributed by atoms with Crippen molar-refractivity contribution in [2.75, 3.05) is 5.32 Å². The lowest BCUT2D eigenvalue weighted by molar-refractivity contribution is 0.0635. The van der Waals surface area contributed by atoms with E-state index >= 15 is 0 Å². The largest absolute Gasteiger partial charge is 0.444 e. The average molecular weight is 352 g/mol. The Labute approximate surface area is 111 Å². The molecule has 0 atom stereocenters. The third kappa shape index (κ3) is 4.49. The monoisotopic (exact) mass is 350 g/mol. The predicted octanol–water partition coefficient (Wildman–Crippen LogP) is 3.95. The van der Waals surface area contributed by atoms with Crippen LogP contribution < -0.4 is 5.32 Å². The van der Waals surface area contributed by atoms with Gasteiger partial charge in [0, 0.05) is 0 Å². The van der Waals surface area contributed by atoms with E-state index in [1.807, 2.05) is 0 Å². The average Bonchev–Trinajstić information content (AvgIpc) is 2.08. The molecular formula is C10H12Br2N2O2. The van der Waals surface area contributed by atoms with Gasteiger partial charge in [0.2, 0.25) is 0 Å². The molecule has 88 valence electrons. The lowest BCUT2D eigenvalue weighted by Gasteiger charge is -2.19. The summed E-state index contributed by atoms with van der Waals surface area (Å²) in [5.74, 6) is 0.420. The number of ether oxygens (including phenoxy) is 1. The van der Waals surface area contributed by atoms with E-state index in [0.717, 1.165) is 0 Å². The van der Waals surface area contributed by atoms with Crippen LogP contribution in [0.4, 0.5) is 10.6 Å². The Morgan fingerprint density at radius 3 is 2.56 bits per heavy atom. The molecule has 0 aliphatic rings. The summed E-state index contributed by atoms with van der Waals surface area (Å²) >= 11 is 6.51. The minimum atomic E-state index is -0.529. The highest BCUT2D eigenvalue weighted by atomic mass is 79.9. The predicted molar refractivity (Wildman–Crippen MR) is 69.5 cm³/mol. The Kier molecular flexibility index (Phi) is 4.32. The van der Waals surface area contributed by atoms with Crippen LogP contribution in [0, 0.1) is 0 Å². The number of aromatic nitrogens is 1. The Morgan fingerprint density at radius 2 is 2.00 bits per heavy atom. The standard InChI is InChI=1S/C10H12Br2N2O2/c1-10(2,3)16-9(15)14-8-6(11)4-5-7(12)13-8/h4-5H,1-3H3,(H,13,14,15). The van der Waals surface area contributed by atoms with E-state index < -0.39 is 11.7 Å². The first-order valence-corrected chi connectivity index (χ1v) is 6.18. The maximum atomic E-state index is 11.5. The number of rotatable bonds is 1. The second-order valence-corrected chi connectivity index (χ2v) is 5.76. The highest BCUT2D eigenvalue weighted by Crippen LogP contribution is 2.22. The second kappa shape index (κ2) is 5.14. The topological polar surface area (TPSA) is 51.2 Å². The van der Waals surface area contributed by atoms with Gasteiger partial charge in [0.05, 0.1) is 4.47 Å². The van der Waals surface area contributed by atoms with E-state index in [9.17, 15) is 4.79 Å². The number of carbonyl (C=O) groups excluding carboxylic acids is 1. The highest BCUT2D eigenvalue weighted by Gasteiger charge is 2.17. The summed E-state index contributed by atoms with van der Waals surface area (Å²) in [5.41, 5.74) is -0.525. The van der Waals surface area contributed by atoms with E-state index in [0.29, 0.717) is 14.9 Å². The number of pyridine rings is 1. The van der Waals surface area contributed by atoms with Gasteiger partial charge in [-0.3, -0.25) is 5.32 Å². The van der Waals surface area contributed by atoms with Crippen molar-refractivity contribution in [2.45, 2.75) is 26.4 Å². The number of nitrogens with one attached hydrogen (secondary N) is 1. The van der Waals surface area contributed by atoms with Crippen LogP contribution in [0.15, 0.2) is 21.2 Å². The molecule has 1 aromatic rings. The Balaban J connectivity index is 2.73. The zero-order valence-corrected chi connectivity index (χ0v) is 12.3. The van der Waals surface area contributed by atoms with E-state index in [-0.39, 0.29) is 0 Å².